The smallest absolute Gasteiger partial charge is 0.307 e. The van der Waals surface area contributed by atoms with E-state index in [0.717, 1.165) is 26.2 Å². The molecule has 0 heterocycles. The number of esters is 1. The highest BCUT2D eigenvalue weighted by Gasteiger charge is 2.08. The summed E-state index contributed by atoms with van der Waals surface area (Å²) >= 11 is 0. The van der Waals surface area contributed by atoms with Gasteiger partial charge in [0.05, 0.1) is 13.5 Å². The van der Waals surface area contributed by atoms with Crippen LogP contribution in [-0.2, 0) is 9.53 Å². The van der Waals surface area contributed by atoms with Gasteiger partial charge in [-0.3, -0.25) is 4.79 Å². The van der Waals surface area contributed by atoms with Gasteiger partial charge in [0.25, 0.3) is 0 Å². The molecule has 1 unspecified atom stereocenters. The second-order valence-corrected chi connectivity index (χ2v) is 3.66. The molecule has 0 saturated carbocycles. The number of hydrogen-bond donors (Lipinski definition) is 1. The van der Waals surface area contributed by atoms with E-state index in [4.69, 9.17) is 0 Å². The van der Waals surface area contributed by atoms with Crippen molar-refractivity contribution in [3.63, 3.8) is 0 Å². The highest BCUT2D eigenvalue weighted by atomic mass is 16.5. The minimum absolute atomic E-state index is 0.155. The Morgan fingerprint density at radius 1 is 1.40 bits per heavy atom. The van der Waals surface area contributed by atoms with Gasteiger partial charge in [0.1, 0.15) is 0 Å². The van der Waals surface area contributed by atoms with Crippen LogP contribution in [0.1, 0.15) is 27.2 Å². The molecule has 1 atom stereocenters. The van der Waals surface area contributed by atoms with Crippen molar-refractivity contribution in [2.75, 3.05) is 33.3 Å². The number of nitrogens with one attached hydrogen (secondary N) is 1. The van der Waals surface area contributed by atoms with Crippen molar-refractivity contribution in [1.29, 1.82) is 0 Å². The molecule has 0 aliphatic rings. The Hall–Kier alpha value is -0.610. The third-order valence-electron chi connectivity index (χ3n) is 2.52. The fourth-order valence-corrected chi connectivity index (χ4v) is 1.41. The summed E-state index contributed by atoms with van der Waals surface area (Å²) in [5, 5.41) is 3.30. The Bertz CT molecular complexity index is 170. The third-order valence-corrected chi connectivity index (χ3v) is 2.52. The SMILES string of the molecule is CCN(CC)CCNC(C)CC(=O)OC. The van der Waals surface area contributed by atoms with Gasteiger partial charge in [0.15, 0.2) is 0 Å². The Kier molecular flexibility index (Phi) is 8.33. The summed E-state index contributed by atoms with van der Waals surface area (Å²) in [6, 6.07) is 0.188. The molecular formula is C11H24N2O2. The fourth-order valence-electron chi connectivity index (χ4n) is 1.41. The topological polar surface area (TPSA) is 41.6 Å². The van der Waals surface area contributed by atoms with Crippen LogP contribution in [0, 0.1) is 0 Å². The molecule has 0 aromatic carbocycles. The normalized spacial score (nSPS) is 12.9. The van der Waals surface area contributed by atoms with Crippen LogP contribution in [0.15, 0.2) is 0 Å². The first kappa shape index (κ1) is 14.4. The number of rotatable bonds is 8. The molecule has 90 valence electrons. The van der Waals surface area contributed by atoms with Crippen LogP contribution in [0.2, 0.25) is 0 Å². The van der Waals surface area contributed by atoms with Gasteiger partial charge in [-0.2, -0.15) is 0 Å². The second kappa shape index (κ2) is 8.68. The molecule has 4 heteroatoms. The summed E-state index contributed by atoms with van der Waals surface area (Å²) < 4.78 is 4.60. The quantitative estimate of drug-likeness (QED) is 0.611. The average Bonchev–Trinajstić information content (AvgIpc) is 2.24. The number of nitrogens with zero attached hydrogens (tertiary/aromatic N) is 1. The molecule has 0 radical (unpaired) electrons. The van der Waals surface area contributed by atoms with E-state index in [9.17, 15) is 4.79 Å². The maximum Gasteiger partial charge on any atom is 0.307 e. The van der Waals surface area contributed by atoms with Crippen LogP contribution in [0.5, 0.6) is 0 Å². The molecule has 0 fully saturated rings. The zero-order chi connectivity index (χ0) is 11.7. The summed E-state index contributed by atoms with van der Waals surface area (Å²) in [5.74, 6) is -0.155. The zero-order valence-corrected chi connectivity index (χ0v) is 10.4. The van der Waals surface area contributed by atoms with Crippen molar-refractivity contribution in [1.82, 2.24) is 10.2 Å². The van der Waals surface area contributed by atoms with Crippen LogP contribution in [-0.4, -0.2) is 50.2 Å². The van der Waals surface area contributed by atoms with Crippen molar-refractivity contribution in [2.45, 2.75) is 33.2 Å². The standard InChI is InChI=1S/C11H24N2O2/c1-5-13(6-2)8-7-12-10(3)9-11(14)15-4/h10,12H,5-9H2,1-4H3. The molecule has 0 spiro atoms. The van der Waals surface area contributed by atoms with E-state index in [0.29, 0.717) is 6.42 Å². The Morgan fingerprint density at radius 2 is 2.00 bits per heavy atom. The molecule has 1 N–H and O–H groups in total. The maximum atomic E-state index is 11.0. The Labute approximate surface area is 93.0 Å². The molecule has 0 aromatic heterocycles. The summed E-state index contributed by atoms with van der Waals surface area (Å²) in [7, 11) is 1.42. The number of ether oxygens (including phenoxy) is 1. The lowest BCUT2D eigenvalue weighted by Crippen LogP contribution is -2.36. The highest BCUT2D eigenvalue weighted by Crippen LogP contribution is 1.93. The van der Waals surface area contributed by atoms with E-state index in [-0.39, 0.29) is 12.0 Å². The van der Waals surface area contributed by atoms with Gasteiger partial charge in [0.2, 0.25) is 0 Å². The second-order valence-electron chi connectivity index (χ2n) is 3.66. The lowest BCUT2D eigenvalue weighted by molar-refractivity contribution is -0.141. The van der Waals surface area contributed by atoms with Gasteiger partial charge in [-0.05, 0) is 20.0 Å². The molecule has 0 saturated heterocycles. The van der Waals surface area contributed by atoms with Crippen LogP contribution >= 0.6 is 0 Å². The van der Waals surface area contributed by atoms with E-state index in [1.807, 2.05) is 6.92 Å². The highest BCUT2D eigenvalue weighted by molar-refractivity contribution is 5.69. The number of likely N-dealkylation sites (N-methyl/N-ethyl adjacent to an activating group) is 1. The third kappa shape index (κ3) is 7.33. The van der Waals surface area contributed by atoms with E-state index in [1.54, 1.807) is 0 Å². The first-order chi connectivity index (χ1) is 7.13. The molecule has 0 aromatic rings. The van der Waals surface area contributed by atoms with Gasteiger partial charge in [0, 0.05) is 19.1 Å². The predicted octanol–water partition coefficient (Wildman–Crippen LogP) is 0.869. The molecule has 0 aliphatic heterocycles. The monoisotopic (exact) mass is 216 g/mol. The lowest BCUT2D eigenvalue weighted by Gasteiger charge is -2.19. The molecule has 15 heavy (non-hydrogen) atoms. The van der Waals surface area contributed by atoms with Gasteiger partial charge in [-0.15, -0.1) is 0 Å². The summed E-state index contributed by atoms with van der Waals surface area (Å²) in [6.45, 7) is 10.4. The predicted molar refractivity (Wildman–Crippen MR) is 61.9 cm³/mol. The van der Waals surface area contributed by atoms with Crippen molar-refractivity contribution >= 4 is 5.97 Å². The number of carbonyl (C=O) groups excluding carboxylic acids is 1. The number of carbonyl (C=O) groups is 1. The van der Waals surface area contributed by atoms with E-state index in [2.05, 4.69) is 28.8 Å². The van der Waals surface area contributed by atoms with E-state index in [1.165, 1.54) is 7.11 Å². The Balaban J connectivity index is 3.53. The van der Waals surface area contributed by atoms with E-state index < -0.39 is 0 Å². The average molecular weight is 216 g/mol. The van der Waals surface area contributed by atoms with Crippen LogP contribution in [0.25, 0.3) is 0 Å². The minimum Gasteiger partial charge on any atom is -0.469 e. The lowest BCUT2D eigenvalue weighted by atomic mass is 10.2. The zero-order valence-electron chi connectivity index (χ0n) is 10.4. The van der Waals surface area contributed by atoms with Crippen molar-refractivity contribution < 1.29 is 9.53 Å². The van der Waals surface area contributed by atoms with Crippen molar-refractivity contribution in [3.8, 4) is 0 Å². The minimum atomic E-state index is -0.155. The van der Waals surface area contributed by atoms with E-state index >= 15 is 0 Å². The first-order valence-electron chi connectivity index (χ1n) is 5.66. The summed E-state index contributed by atoms with van der Waals surface area (Å²) in [6.07, 6.45) is 0.439. The van der Waals surface area contributed by atoms with Crippen LogP contribution in [0.3, 0.4) is 0 Å². The Morgan fingerprint density at radius 3 is 2.47 bits per heavy atom. The largest absolute Gasteiger partial charge is 0.469 e. The maximum absolute atomic E-state index is 11.0. The molecule has 0 bridgehead atoms. The van der Waals surface area contributed by atoms with Gasteiger partial charge >= 0.3 is 5.97 Å². The van der Waals surface area contributed by atoms with Gasteiger partial charge < -0.3 is 15.0 Å². The van der Waals surface area contributed by atoms with Crippen LogP contribution in [0.4, 0.5) is 0 Å². The number of hydrogen-bond acceptors (Lipinski definition) is 4. The fraction of sp³-hybridized carbons (Fsp3) is 0.909. The van der Waals surface area contributed by atoms with Gasteiger partial charge in [-0.1, -0.05) is 13.8 Å². The molecule has 4 nitrogen and oxygen atoms in total. The molecule has 0 aliphatic carbocycles. The summed E-state index contributed by atoms with van der Waals surface area (Å²) in [4.78, 5) is 13.3. The van der Waals surface area contributed by atoms with Crippen molar-refractivity contribution in [3.05, 3.63) is 0 Å². The van der Waals surface area contributed by atoms with Gasteiger partial charge in [-0.25, -0.2) is 0 Å². The first-order valence-corrected chi connectivity index (χ1v) is 5.66. The molecular weight excluding hydrogens is 192 g/mol. The molecule has 0 amide bonds. The number of methoxy groups -OCH3 is 1. The molecule has 0 rings (SSSR count). The summed E-state index contributed by atoms with van der Waals surface area (Å²) in [5.41, 5.74) is 0. The van der Waals surface area contributed by atoms with Crippen LogP contribution < -0.4 is 5.32 Å². The van der Waals surface area contributed by atoms with Crippen molar-refractivity contribution in [2.24, 2.45) is 0 Å².